The van der Waals surface area contributed by atoms with Crippen molar-refractivity contribution in [2.24, 2.45) is 16.8 Å². The van der Waals surface area contributed by atoms with E-state index in [1.165, 1.54) is 17.9 Å². The molecule has 26 heavy (non-hydrogen) atoms. The molecule has 0 unspecified atom stereocenters. The van der Waals surface area contributed by atoms with E-state index >= 15 is 0 Å². The number of hydroxylamine groups is 1. The number of carbonyl (C=O) groups is 1. The van der Waals surface area contributed by atoms with Crippen LogP contribution in [-0.4, -0.2) is 44.6 Å². The van der Waals surface area contributed by atoms with E-state index in [9.17, 15) is 4.79 Å². The van der Waals surface area contributed by atoms with Gasteiger partial charge in [0.05, 0.1) is 38.7 Å². The normalized spacial score (nSPS) is 37.1. The molecule has 1 amide bonds. The quantitative estimate of drug-likeness (QED) is 0.835. The Hall–Kier alpha value is -1.92. The molecule has 6 nitrogen and oxygen atoms in total. The molecule has 138 valence electrons. The van der Waals surface area contributed by atoms with Crippen LogP contribution < -0.4 is 9.80 Å². The Morgan fingerprint density at radius 1 is 1.38 bits per heavy atom. The molecule has 5 aliphatic rings. The van der Waals surface area contributed by atoms with Crippen LogP contribution in [0.5, 0.6) is 5.75 Å². The lowest BCUT2D eigenvalue weighted by Crippen LogP contribution is -2.51. The molecule has 0 N–H and O–H groups in total. The minimum Gasteiger partial charge on any atom is -0.497 e. The molecule has 1 aromatic carbocycles. The number of fused-ring (bicyclic) bond motifs is 2. The number of carbonyl (C=O) groups excluding carboxylic acids is 1. The van der Waals surface area contributed by atoms with Gasteiger partial charge in [-0.2, -0.15) is 5.06 Å². The zero-order valence-corrected chi connectivity index (χ0v) is 15.4. The highest BCUT2D eigenvalue weighted by Gasteiger charge is 2.64. The summed E-state index contributed by atoms with van der Waals surface area (Å²) in [4.78, 5) is 24.1. The highest BCUT2D eigenvalue weighted by atomic mass is 16.7. The van der Waals surface area contributed by atoms with Gasteiger partial charge in [0.2, 0.25) is 0 Å². The number of ether oxygens (including phenoxy) is 2. The number of anilines is 1. The number of rotatable bonds is 3. The van der Waals surface area contributed by atoms with Gasteiger partial charge < -0.3 is 9.47 Å². The van der Waals surface area contributed by atoms with Crippen molar-refractivity contribution in [3.8, 4) is 5.75 Å². The van der Waals surface area contributed by atoms with Gasteiger partial charge in [-0.15, -0.1) is 0 Å². The second-order valence-corrected chi connectivity index (χ2v) is 7.71. The van der Waals surface area contributed by atoms with Crippen molar-refractivity contribution in [2.45, 2.75) is 43.7 Å². The summed E-state index contributed by atoms with van der Waals surface area (Å²) in [5.41, 5.74) is 2.35. The highest BCUT2D eigenvalue weighted by Crippen LogP contribution is 2.57. The monoisotopic (exact) mass is 356 g/mol. The summed E-state index contributed by atoms with van der Waals surface area (Å²) in [6.07, 6.45) is 2.41. The molecule has 0 aromatic heterocycles. The molecule has 1 aliphatic carbocycles. The highest BCUT2D eigenvalue weighted by molar-refractivity contribution is 6.08. The molecule has 1 aromatic rings. The topological polar surface area (TPSA) is 60.4 Å². The van der Waals surface area contributed by atoms with E-state index in [1.54, 1.807) is 7.11 Å². The lowest BCUT2D eigenvalue weighted by Gasteiger charge is -2.38. The first-order chi connectivity index (χ1) is 12.6. The van der Waals surface area contributed by atoms with Gasteiger partial charge in [0.1, 0.15) is 11.2 Å². The molecule has 6 heteroatoms. The SMILES string of the molecule is CCC1=N[C@@H]2C[C@@]3(C(=O)N(OC)c4cc(OC)ccc43)[C@H]3C[C@@H]1[C@@H]2CO3. The third-order valence-electron chi connectivity index (χ3n) is 6.82. The van der Waals surface area contributed by atoms with Crippen LogP contribution in [0.4, 0.5) is 5.69 Å². The number of hydrogen-bond donors (Lipinski definition) is 0. The van der Waals surface area contributed by atoms with E-state index in [0.29, 0.717) is 30.6 Å². The number of benzene rings is 1. The van der Waals surface area contributed by atoms with Crippen LogP contribution in [0.3, 0.4) is 0 Å². The van der Waals surface area contributed by atoms with Crippen LogP contribution in [0.2, 0.25) is 0 Å². The zero-order valence-electron chi connectivity index (χ0n) is 15.4. The van der Waals surface area contributed by atoms with Gasteiger partial charge in [-0.1, -0.05) is 13.0 Å². The number of hydrogen-bond acceptors (Lipinski definition) is 5. The maximum atomic E-state index is 13.6. The number of aliphatic imine (C=N–C) groups is 1. The third kappa shape index (κ3) is 1.84. The van der Waals surface area contributed by atoms with Gasteiger partial charge >= 0.3 is 0 Å². The Morgan fingerprint density at radius 3 is 2.96 bits per heavy atom. The maximum absolute atomic E-state index is 13.6. The largest absolute Gasteiger partial charge is 0.497 e. The Morgan fingerprint density at radius 2 is 2.23 bits per heavy atom. The minimum absolute atomic E-state index is 0.0327. The predicted octanol–water partition coefficient (Wildman–Crippen LogP) is 2.50. The Labute approximate surface area is 153 Å². The van der Waals surface area contributed by atoms with Gasteiger partial charge in [0.25, 0.3) is 5.91 Å². The molecule has 1 spiro atoms. The van der Waals surface area contributed by atoms with Crippen LogP contribution in [0.15, 0.2) is 23.2 Å². The molecule has 5 atom stereocenters. The molecular formula is C20H24N2O4. The Kier molecular flexibility index (Phi) is 3.46. The van der Waals surface area contributed by atoms with Gasteiger partial charge in [-0.3, -0.25) is 14.6 Å². The van der Waals surface area contributed by atoms with Crippen molar-refractivity contribution in [3.63, 3.8) is 0 Å². The smallest absolute Gasteiger partial charge is 0.264 e. The van der Waals surface area contributed by atoms with E-state index < -0.39 is 5.41 Å². The average Bonchev–Trinajstić information content (AvgIpc) is 3.01. The minimum atomic E-state index is -0.714. The predicted molar refractivity (Wildman–Crippen MR) is 96.6 cm³/mol. The van der Waals surface area contributed by atoms with E-state index in [4.69, 9.17) is 19.3 Å². The fraction of sp³-hybridized carbons (Fsp3) is 0.600. The van der Waals surface area contributed by atoms with Crippen molar-refractivity contribution in [3.05, 3.63) is 23.8 Å². The van der Waals surface area contributed by atoms with Crippen molar-refractivity contribution >= 4 is 17.3 Å². The third-order valence-corrected chi connectivity index (χ3v) is 6.82. The fourth-order valence-corrected chi connectivity index (χ4v) is 5.62. The fourth-order valence-electron chi connectivity index (χ4n) is 5.62. The maximum Gasteiger partial charge on any atom is 0.264 e. The molecular weight excluding hydrogens is 332 g/mol. The van der Waals surface area contributed by atoms with Crippen LogP contribution in [0, 0.1) is 11.8 Å². The summed E-state index contributed by atoms with van der Waals surface area (Å²) in [7, 11) is 3.16. The molecule has 0 radical (unpaired) electrons. The first kappa shape index (κ1) is 16.3. The number of nitrogens with zero attached hydrogens (tertiary/aromatic N) is 2. The summed E-state index contributed by atoms with van der Waals surface area (Å²) in [6, 6.07) is 5.95. The van der Waals surface area contributed by atoms with E-state index in [2.05, 4.69) is 6.92 Å². The van der Waals surface area contributed by atoms with Gasteiger partial charge in [-0.25, -0.2) is 0 Å². The van der Waals surface area contributed by atoms with Crippen molar-refractivity contribution < 1.29 is 19.1 Å². The summed E-state index contributed by atoms with van der Waals surface area (Å²) in [5, 5.41) is 1.41. The molecule has 3 fully saturated rings. The second kappa shape index (κ2) is 5.54. The lowest BCUT2D eigenvalue weighted by atomic mass is 9.71. The molecule has 4 bridgehead atoms. The lowest BCUT2D eigenvalue weighted by molar-refractivity contribution is -0.137. The molecule has 1 saturated carbocycles. The van der Waals surface area contributed by atoms with E-state index in [1.807, 2.05) is 18.2 Å². The van der Waals surface area contributed by atoms with Crippen LogP contribution in [0.1, 0.15) is 31.7 Å². The van der Waals surface area contributed by atoms with Gasteiger partial charge in [0, 0.05) is 23.6 Å². The molecule has 4 heterocycles. The van der Waals surface area contributed by atoms with Crippen molar-refractivity contribution in [1.82, 2.24) is 0 Å². The molecule has 6 rings (SSSR count). The number of amides is 1. The van der Waals surface area contributed by atoms with Crippen LogP contribution >= 0.6 is 0 Å². The van der Waals surface area contributed by atoms with Crippen LogP contribution in [0.25, 0.3) is 0 Å². The van der Waals surface area contributed by atoms with Crippen LogP contribution in [-0.2, 0) is 19.8 Å². The summed E-state index contributed by atoms with van der Waals surface area (Å²) < 4.78 is 11.6. The summed E-state index contributed by atoms with van der Waals surface area (Å²) in [5.74, 6) is 1.54. The van der Waals surface area contributed by atoms with Crippen molar-refractivity contribution in [2.75, 3.05) is 25.9 Å². The van der Waals surface area contributed by atoms with E-state index in [-0.39, 0.29) is 18.1 Å². The van der Waals surface area contributed by atoms with Gasteiger partial charge in [0.15, 0.2) is 0 Å². The summed E-state index contributed by atoms with van der Waals surface area (Å²) in [6.45, 7) is 2.87. The standard InChI is InChI=1S/C20H24N2O4/c1-4-15-12-8-18-20(9-16(21-15)13(12)10-26-18)14-6-5-11(24-2)7-17(14)22(25-3)19(20)23/h5-7,12-13,16,18H,4,8-10H2,1-3H3/t12-,13+,16-,18-,20+/m1/s1. The first-order valence-corrected chi connectivity index (χ1v) is 9.39. The second-order valence-electron chi connectivity index (χ2n) is 7.71. The summed E-state index contributed by atoms with van der Waals surface area (Å²) >= 11 is 0. The zero-order chi connectivity index (χ0) is 18.1. The first-order valence-electron chi connectivity index (χ1n) is 9.39. The van der Waals surface area contributed by atoms with Crippen molar-refractivity contribution in [1.29, 1.82) is 0 Å². The Bertz CT molecular complexity index is 807. The molecule has 4 aliphatic heterocycles. The average molecular weight is 356 g/mol. The van der Waals surface area contributed by atoms with Gasteiger partial charge in [-0.05, 0) is 30.9 Å². The Balaban J connectivity index is 1.68. The number of methoxy groups -OCH3 is 1. The molecule has 2 saturated heterocycles. The van der Waals surface area contributed by atoms with E-state index in [0.717, 1.165) is 24.1 Å².